The third-order valence-corrected chi connectivity index (χ3v) is 8.11. The summed E-state index contributed by atoms with van der Waals surface area (Å²) in [5.41, 5.74) is 4.25. The Bertz CT molecular complexity index is 820. The summed E-state index contributed by atoms with van der Waals surface area (Å²) in [4.78, 5) is 20.5. The molecule has 0 spiro atoms. The van der Waals surface area contributed by atoms with Gasteiger partial charge >= 0.3 is 0 Å². The summed E-state index contributed by atoms with van der Waals surface area (Å²) in [5.74, 6) is 0.652. The molecule has 5 nitrogen and oxygen atoms in total. The van der Waals surface area contributed by atoms with Crippen LogP contribution in [0.2, 0.25) is 0 Å². The number of rotatable bonds is 6. The lowest BCUT2D eigenvalue weighted by Gasteiger charge is -2.46. The number of hydrogen-bond donors (Lipinski definition) is 0. The van der Waals surface area contributed by atoms with Crippen molar-refractivity contribution in [2.24, 2.45) is 10.8 Å². The highest BCUT2D eigenvalue weighted by Gasteiger charge is 2.40. The van der Waals surface area contributed by atoms with Gasteiger partial charge in [-0.1, -0.05) is 41.0 Å². The third kappa shape index (κ3) is 6.15. The molecular weight excluding hydrogens is 422 g/mol. The van der Waals surface area contributed by atoms with Crippen molar-refractivity contribution in [2.45, 2.75) is 72.6 Å². The van der Waals surface area contributed by atoms with Crippen LogP contribution < -0.4 is 4.90 Å². The van der Waals surface area contributed by atoms with Crippen LogP contribution in [0.15, 0.2) is 18.2 Å². The molecule has 5 heteroatoms. The maximum absolute atomic E-state index is 13.4. The molecule has 2 heterocycles. The standard InChI is InChI=1S/C29H47N3O2/c1-6-7-10-30-11-13-31(14-12-30)26-9-8-23(27(33)32-15-17-34-18-16-32)19-25(26)24-20-28(2,3)22-29(4,5)21-24/h8-9,19,24H,6-7,10-18,20-22H2,1-5H3. The first-order chi connectivity index (χ1) is 16.2. The maximum atomic E-state index is 13.4. The topological polar surface area (TPSA) is 36.0 Å². The van der Waals surface area contributed by atoms with E-state index in [0.29, 0.717) is 43.1 Å². The molecule has 1 amide bonds. The predicted molar refractivity (Wildman–Crippen MR) is 141 cm³/mol. The van der Waals surface area contributed by atoms with E-state index in [9.17, 15) is 4.79 Å². The second-order valence-corrected chi connectivity index (χ2v) is 12.5. The Hall–Kier alpha value is -1.59. The number of benzene rings is 1. The Kier molecular flexibility index (Phi) is 7.93. The summed E-state index contributed by atoms with van der Waals surface area (Å²) in [5, 5.41) is 0. The van der Waals surface area contributed by atoms with E-state index < -0.39 is 0 Å². The van der Waals surface area contributed by atoms with Gasteiger partial charge in [0.2, 0.25) is 0 Å². The van der Waals surface area contributed by atoms with E-state index >= 15 is 0 Å². The SMILES string of the molecule is CCCCN1CCN(c2ccc(C(=O)N3CCOCC3)cc2C2CC(C)(C)CC(C)(C)C2)CC1. The van der Waals surface area contributed by atoms with Crippen LogP contribution in [0.3, 0.4) is 0 Å². The molecule has 0 atom stereocenters. The largest absolute Gasteiger partial charge is 0.378 e. The van der Waals surface area contributed by atoms with E-state index in [2.05, 4.69) is 62.6 Å². The molecular formula is C29H47N3O2. The first-order valence-electron chi connectivity index (χ1n) is 13.7. The van der Waals surface area contributed by atoms with E-state index in [4.69, 9.17) is 4.74 Å². The molecule has 3 fully saturated rings. The van der Waals surface area contributed by atoms with Crippen molar-refractivity contribution in [2.75, 3.05) is 63.9 Å². The summed E-state index contributed by atoms with van der Waals surface area (Å²) in [6.45, 7) is 20.3. The molecule has 4 rings (SSSR count). The van der Waals surface area contributed by atoms with Gasteiger partial charge in [-0.15, -0.1) is 0 Å². The second kappa shape index (κ2) is 10.6. The Morgan fingerprint density at radius 3 is 2.24 bits per heavy atom. The quantitative estimate of drug-likeness (QED) is 0.559. The zero-order chi connectivity index (χ0) is 24.3. The highest BCUT2D eigenvalue weighted by molar-refractivity contribution is 5.95. The Morgan fingerprint density at radius 1 is 0.971 bits per heavy atom. The van der Waals surface area contributed by atoms with E-state index in [1.807, 2.05) is 4.90 Å². The molecule has 0 radical (unpaired) electrons. The molecule has 0 bridgehead atoms. The first kappa shape index (κ1) is 25.5. The van der Waals surface area contributed by atoms with Crippen LogP contribution in [0.1, 0.15) is 88.6 Å². The van der Waals surface area contributed by atoms with E-state index in [1.54, 1.807) is 0 Å². The summed E-state index contributed by atoms with van der Waals surface area (Å²) in [6, 6.07) is 6.61. The lowest BCUT2D eigenvalue weighted by atomic mass is 9.60. The number of hydrogen-bond acceptors (Lipinski definition) is 4. The van der Waals surface area contributed by atoms with Gasteiger partial charge in [0.15, 0.2) is 0 Å². The average Bonchev–Trinajstić information content (AvgIpc) is 2.81. The molecule has 34 heavy (non-hydrogen) atoms. The van der Waals surface area contributed by atoms with E-state index in [0.717, 1.165) is 31.7 Å². The fraction of sp³-hybridized carbons (Fsp3) is 0.759. The minimum absolute atomic E-state index is 0.162. The van der Waals surface area contributed by atoms with Crippen LogP contribution in [-0.2, 0) is 4.74 Å². The van der Waals surface area contributed by atoms with Crippen molar-refractivity contribution in [3.05, 3.63) is 29.3 Å². The lowest BCUT2D eigenvalue weighted by molar-refractivity contribution is 0.0302. The molecule has 190 valence electrons. The zero-order valence-electron chi connectivity index (χ0n) is 22.4. The van der Waals surface area contributed by atoms with Gasteiger partial charge in [-0.2, -0.15) is 0 Å². The number of anilines is 1. The van der Waals surface area contributed by atoms with Gasteiger partial charge < -0.3 is 14.5 Å². The van der Waals surface area contributed by atoms with Crippen LogP contribution in [0, 0.1) is 10.8 Å². The fourth-order valence-corrected chi connectivity index (χ4v) is 6.91. The van der Waals surface area contributed by atoms with Crippen molar-refractivity contribution in [1.29, 1.82) is 0 Å². The van der Waals surface area contributed by atoms with Crippen molar-refractivity contribution in [3.8, 4) is 0 Å². The van der Waals surface area contributed by atoms with Crippen LogP contribution in [0.25, 0.3) is 0 Å². The molecule has 2 aliphatic heterocycles. The molecule has 0 N–H and O–H groups in total. The minimum Gasteiger partial charge on any atom is -0.378 e. The van der Waals surface area contributed by atoms with Gasteiger partial charge in [0, 0.05) is 50.5 Å². The van der Waals surface area contributed by atoms with E-state index in [1.165, 1.54) is 49.9 Å². The van der Waals surface area contributed by atoms with Crippen LogP contribution in [0.5, 0.6) is 0 Å². The van der Waals surface area contributed by atoms with Crippen molar-refractivity contribution in [1.82, 2.24) is 9.80 Å². The summed E-state index contributed by atoms with van der Waals surface area (Å²) in [7, 11) is 0. The van der Waals surface area contributed by atoms with Gasteiger partial charge in [-0.05, 0) is 72.7 Å². The highest BCUT2D eigenvalue weighted by atomic mass is 16.5. The molecule has 1 aliphatic carbocycles. The third-order valence-electron chi connectivity index (χ3n) is 8.11. The number of ether oxygens (including phenoxy) is 1. The van der Waals surface area contributed by atoms with Gasteiger partial charge in [-0.3, -0.25) is 9.69 Å². The molecule has 0 unspecified atom stereocenters. The average molecular weight is 470 g/mol. The number of piperazine rings is 1. The molecule has 2 saturated heterocycles. The first-order valence-corrected chi connectivity index (χ1v) is 13.7. The number of nitrogens with zero attached hydrogens (tertiary/aromatic N) is 3. The highest BCUT2D eigenvalue weighted by Crippen LogP contribution is 2.53. The number of carbonyl (C=O) groups is 1. The normalized spacial score (nSPS) is 23.8. The Morgan fingerprint density at radius 2 is 1.62 bits per heavy atom. The monoisotopic (exact) mass is 469 g/mol. The van der Waals surface area contributed by atoms with Gasteiger partial charge in [-0.25, -0.2) is 0 Å². The second-order valence-electron chi connectivity index (χ2n) is 12.5. The summed E-state index contributed by atoms with van der Waals surface area (Å²) in [6.07, 6.45) is 6.19. The maximum Gasteiger partial charge on any atom is 0.254 e. The zero-order valence-corrected chi connectivity index (χ0v) is 22.4. The fourth-order valence-electron chi connectivity index (χ4n) is 6.91. The number of amides is 1. The summed E-state index contributed by atoms with van der Waals surface area (Å²) < 4.78 is 5.48. The predicted octanol–water partition coefficient (Wildman–Crippen LogP) is 5.40. The lowest BCUT2D eigenvalue weighted by Crippen LogP contribution is -2.47. The van der Waals surface area contributed by atoms with E-state index in [-0.39, 0.29) is 5.91 Å². The molecule has 1 aromatic carbocycles. The van der Waals surface area contributed by atoms with Crippen LogP contribution in [-0.4, -0.2) is 74.7 Å². The van der Waals surface area contributed by atoms with Gasteiger partial charge in [0.1, 0.15) is 0 Å². The Labute approximate surface area is 207 Å². The molecule has 1 saturated carbocycles. The van der Waals surface area contributed by atoms with Crippen LogP contribution >= 0.6 is 0 Å². The van der Waals surface area contributed by atoms with Crippen molar-refractivity contribution in [3.63, 3.8) is 0 Å². The van der Waals surface area contributed by atoms with Crippen LogP contribution in [0.4, 0.5) is 5.69 Å². The van der Waals surface area contributed by atoms with Gasteiger partial charge in [0.25, 0.3) is 5.91 Å². The minimum atomic E-state index is 0.162. The van der Waals surface area contributed by atoms with Gasteiger partial charge in [0.05, 0.1) is 13.2 Å². The number of morpholine rings is 1. The Balaban J connectivity index is 1.62. The number of unbranched alkanes of at least 4 members (excludes halogenated alkanes) is 1. The molecule has 3 aliphatic rings. The number of carbonyl (C=O) groups excluding carboxylic acids is 1. The van der Waals surface area contributed by atoms with Crippen molar-refractivity contribution < 1.29 is 9.53 Å². The molecule has 1 aromatic rings. The molecule has 0 aromatic heterocycles. The van der Waals surface area contributed by atoms with Crippen molar-refractivity contribution >= 4 is 11.6 Å². The summed E-state index contributed by atoms with van der Waals surface area (Å²) >= 11 is 0. The smallest absolute Gasteiger partial charge is 0.254 e.